The molecule has 0 N–H and O–H groups in total. The maximum Gasteiger partial charge on any atom is 0.132 e. The van der Waals surface area contributed by atoms with Gasteiger partial charge in [0.2, 0.25) is 0 Å². The van der Waals surface area contributed by atoms with E-state index in [1.54, 1.807) is 0 Å². The summed E-state index contributed by atoms with van der Waals surface area (Å²) >= 11 is 1.89. The topological polar surface area (TPSA) is 0 Å². The second-order valence-electron chi connectivity index (χ2n) is 6.61. The van der Waals surface area contributed by atoms with E-state index in [2.05, 4.69) is 103 Å². The van der Waals surface area contributed by atoms with Crippen molar-refractivity contribution in [3.8, 4) is 0 Å². The summed E-state index contributed by atoms with van der Waals surface area (Å²) in [6, 6.07) is 37.9. The third-order valence-electron chi connectivity index (χ3n) is 5.00. The monoisotopic (exact) mass is 366 g/mol. The summed E-state index contributed by atoms with van der Waals surface area (Å²) in [7, 11) is -1.47. The molecule has 26 heavy (non-hydrogen) atoms. The Hall–Kier alpha value is -2.68. The van der Waals surface area contributed by atoms with Gasteiger partial charge in [0.05, 0.1) is 0 Å². The minimum atomic E-state index is -1.47. The Bertz CT molecular complexity index is 1140. The Balaban J connectivity index is 1.75. The maximum absolute atomic E-state index is 2.45. The van der Waals surface area contributed by atoms with Gasteiger partial charge in [0.25, 0.3) is 0 Å². The van der Waals surface area contributed by atoms with Gasteiger partial charge in [-0.25, -0.2) is 0 Å². The molecular weight excluding hydrogens is 348 g/mol. The van der Waals surface area contributed by atoms with E-state index in [0.717, 1.165) is 0 Å². The summed E-state index contributed by atoms with van der Waals surface area (Å²) in [6.45, 7) is 0. The lowest BCUT2D eigenvalue weighted by molar-refractivity contribution is 1.73. The van der Waals surface area contributed by atoms with Crippen molar-refractivity contribution in [3.05, 3.63) is 103 Å². The molecule has 0 nitrogen and oxygen atoms in total. The molecule has 0 spiro atoms. The molecule has 0 amide bonds. The fourth-order valence-corrected chi connectivity index (χ4v) is 7.87. The van der Waals surface area contributed by atoms with Crippen molar-refractivity contribution in [2.45, 2.75) is 0 Å². The molecular formula is C24H18SSi. The van der Waals surface area contributed by atoms with E-state index >= 15 is 0 Å². The standard InChI is InChI=1S/C24H18SSi/c1-3-9-18(10-4-1)26(19-11-5-2-6-12-19)20-15-16-24-22(17-20)21-13-7-8-14-23(21)25-24/h1-17,26H. The van der Waals surface area contributed by atoms with Crippen LogP contribution in [-0.4, -0.2) is 8.80 Å². The normalized spacial score (nSPS) is 11.4. The average molecular weight is 367 g/mol. The van der Waals surface area contributed by atoms with E-state index in [-0.39, 0.29) is 0 Å². The van der Waals surface area contributed by atoms with Crippen LogP contribution in [0.2, 0.25) is 0 Å². The Morgan fingerprint density at radius 2 is 1.04 bits per heavy atom. The molecule has 0 aliphatic carbocycles. The summed E-state index contributed by atoms with van der Waals surface area (Å²) in [6.07, 6.45) is 0. The number of rotatable bonds is 3. The van der Waals surface area contributed by atoms with E-state index < -0.39 is 8.80 Å². The average Bonchev–Trinajstić information content (AvgIpc) is 3.08. The molecule has 0 radical (unpaired) electrons. The Morgan fingerprint density at radius 3 is 1.73 bits per heavy atom. The Labute approximate surface area is 159 Å². The van der Waals surface area contributed by atoms with Crippen LogP contribution in [0.25, 0.3) is 20.2 Å². The van der Waals surface area contributed by atoms with E-state index in [4.69, 9.17) is 0 Å². The summed E-state index contributed by atoms with van der Waals surface area (Å²) in [5.41, 5.74) is 0. The molecule has 0 saturated heterocycles. The van der Waals surface area contributed by atoms with Gasteiger partial charge in [0.1, 0.15) is 8.80 Å². The highest BCUT2D eigenvalue weighted by atomic mass is 32.1. The lowest BCUT2D eigenvalue weighted by Crippen LogP contribution is -2.51. The molecule has 124 valence electrons. The fourth-order valence-electron chi connectivity index (χ4n) is 3.79. The van der Waals surface area contributed by atoms with Gasteiger partial charge < -0.3 is 0 Å². The van der Waals surface area contributed by atoms with Crippen molar-refractivity contribution in [1.29, 1.82) is 0 Å². The molecule has 0 saturated carbocycles. The fraction of sp³-hybridized carbons (Fsp3) is 0. The number of hydrogen-bond acceptors (Lipinski definition) is 1. The highest BCUT2D eigenvalue weighted by Crippen LogP contribution is 2.32. The van der Waals surface area contributed by atoms with Crippen LogP contribution in [0, 0.1) is 0 Å². The van der Waals surface area contributed by atoms with Crippen molar-refractivity contribution in [2.75, 3.05) is 0 Å². The first-order valence-corrected chi connectivity index (χ1v) is 11.5. The van der Waals surface area contributed by atoms with Crippen LogP contribution >= 0.6 is 11.3 Å². The van der Waals surface area contributed by atoms with E-state index in [9.17, 15) is 0 Å². The third-order valence-corrected chi connectivity index (χ3v) is 9.28. The molecule has 0 atom stereocenters. The summed E-state index contributed by atoms with van der Waals surface area (Å²) in [5, 5.41) is 7.20. The zero-order valence-corrected chi connectivity index (χ0v) is 16.3. The van der Waals surface area contributed by atoms with Crippen LogP contribution in [-0.2, 0) is 0 Å². The predicted molar refractivity (Wildman–Crippen MR) is 118 cm³/mol. The lowest BCUT2D eigenvalue weighted by atomic mass is 10.1. The lowest BCUT2D eigenvalue weighted by Gasteiger charge is -2.17. The third kappa shape index (κ3) is 2.68. The molecule has 1 heterocycles. The summed E-state index contributed by atoms with van der Waals surface area (Å²) < 4.78 is 2.75. The first-order chi connectivity index (χ1) is 12.9. The van der Waals surface area contributed by atoms with Crippen molar-refractivity contribution in [1.82, 2.24) is 0 Å². The molecule has 5 rings (SSSR count). The smallest absolute Gasteiger partial charge is 0.132 e. The molecule has 2 heteroatoms. The van der Waals surface area contributed by atoms with Crippen LogP contribution in [0.1, 0.15) is 0 Å². The van der Waals surface area contributed by atoms with Crippen molar-refractivity contribution < 1.29 is 0 Å². The van der Waals surface area contributed by atoms with Gasteiger partial charge in [0, 0.05) is 20.2 Å². The number of hydrogen-bond donors (Lipinski definition) is 0. The number of thiophene rings is 1. The first kappa shape index (κ1) is 15.6. The molecule has 0 aliphatic heterocycles. The van der Waals surface area contributed by atoms with Crippen LogP contribution in [0.5, 0.6) is 0 Å². The van der Waals surface area contributed by atoms with Crippen LogP contribution in [0.3, 0.4) is 0 Å². The molecule has 4 aromatic carbocycles. The number of fused-ring (bicyclic) bond motifs is 3. The molecule has 0 unspecified atom stereocenters. The van der Waals surface area contributed by atoms with Gasteiger partial charge in [0.15, 0.2) is 0 Å². The van der Waals surface area contributed by atoms with Gasteiger partial charge in [-0.2, -0.15) is 0 Å². The van der Waals surface area contributed by atoms with Crippen molar-refractivity contribution in [2.24, 2.45) is 0 Å². The molecule has 0 aliphatic rings. The van der Waals surface area contributed by atoms with Crippen LogP contribution in [0.4, 0.5) is 0 Å². The largest absolute Gasteiger partial charge is 0.135 e. The summed E-state index contributed by atoms with van der Waals surface area (Å²) in [5.74, 6) is 0. The van der Waals surface area contributed by atoms with E-state index in [1.165, 1.54) is 35.7 Å². The Kier molecular flexibility index (Phi) is 3.93. The quantitative estimate of drug-likeness (QED) is 0.330. The highest BCUT2D eigenvalue weighted by Gasteiger charge is 2.19. The number of benzene rings is 4. The Morgan fingerprint density at radius 1 is 0.462 bits per heavy atom. The van der Waals surface area contributed by atoms with Gasteiger partial charge in [-0.3, -0.25) is 0 Å². The van der Waals surface area contributed by atoms with E-state index in [1.807, 2.05) is 11.3 Å². The van der Waals surface area contributed by atoms with E-state index in [0.29, 0.717) is 0 Å². The van der Waals surface area contributed by atoms with Gasteiger partial charge in [-0.15, -0.1) is 11.3 Å². The SMILES string of the molecule is c1ccc([SiH](c2ccccc2)c2ccc3sc4ccccc4c3c2)cc1. The highest BCUT2D eigenvalue weighted by molar-refractivity contribution is 7.25. The summed E-state index contributed by atoms with van der Waals surface area (Å²) in [4.78, 5) is 0. The second-order valence-corrected chi connectivity index (χ2v) is 10.6. The van der Waals surface area contributed by atoms with Crippen LogP contribution in [0.15, 0.2) is 103 Å². The minimum absolute atomic E-state index is 1.37. The van der Waals surface area contributed by atoms with Gasteiger partial charge in [-0.05, 0) is 12.1 Å². The second kappa shape index (κ2) is 6.56. The minimum Gasteiger partial charge on any atom is -0.135 e. The van der Waals surface area contributed by atoms with Gasteiger partial charge >= 0.3 is 0 Å². The zero-order valence-electron chi connectivity index (χ0n) is 14.3. The van der Waals surface area contributed by atoms with Gasteiger partial charge in [-0.1, -0.05) is 107 Å². The molecule has 5 aromatic rings. The molecule has 0 fully saturated rings. The first-order valence-electron chi connectivity index (χ1n) is 8.91. The zero-order chi connectivity index (χ0) is 17.3. The molecule has 1 aromatic heterocycles. The maximum atomic E-state index is 2.45. The van der Waals surface area contributed by atoms with Crippen molar-refractivity contribution >= 4 is 55.9 Å². The predicted octanol–water partition coefficient (Wildman–Crippen LogP) is 4.30. The molecule has 0 bridgehead atoms. The van der Waals surface area contributed by atoms with Crippen molar-refractivity contribution in [3.63, 3.8) is 0 Å². The van der Waals surface area contributed by atoms with Crippen LogP contribution < -0.4 is 15.6 Å².